The topological polar surface area (TPSA) is 34.0 Å². The minimum Gasteiger partial charge on any atom is -0.352 e. The molecule has 3 nitrogen and oxygen atoms in total. The zero-order chi connectivity index (χ0) is 20.4. The van der Waals surface area contributed by atoms with E-state index in [-0.39, 0.29) is 5.91 Å². The Morgan fingerprint density at radius 1 is 1.03 bits per heavy atom. The Bertz CT molecular complexity index is 1160. The van der Waals surface area contributed by atoms with Gasteiger partial charge in [-0.3, -0.25) is 4.79 Å². The third-order valence-electron chi connectivity index (χ3n) is 5.56. The number of aromatic nitrogens is 1. The van der Waals surface area contributed by atoms with Crippen molar-refractivity contribution < 1.29 is 4.79 Å². The Labute approximate surface area is 176 Å². The Hall–Kier alpha value is -2.85. The largest absolute Gasteiger partial charge is 0.352 e. The highest BCUT2D eigenvalue weighted by Crippen LogP contribution is 2.27. The van der Waals surface area contributed by atoms with Crippen LogP contribution in [-0.2, 0) is 13.0 Å². The summed E-state index contributed by atoms with van der Waals surface area (Å²) in [5, 5.41) is 6.27. The molecule has 29 heavy (non-hydrogen) atoms. The molecule has 4 rings (SSSR count). The summed E-state index contributed by atoms with van der Waals surface area (Å²) in [6, 6.07) is 18.8. The molecule has 0 aliphatic rings. The predicted octanol–water partition coefficient (Wildman–Crippen LogP) is 5.65. The van der Waals surface area contributed by atoms with Crippen molar-refractivity contribution in [3.05, 3.63) is 92.8 Å². The molecule has 4 heteroatoms. The van der Waals surface area contributed by atoms with Crippen molar-refractivity contribution in [1.29, 1.82) is 0 Å². The standard InChI is InChI=1S/C25H26N2OS/c1-17-6-4-7-20(14-17)16-27-19(3)18(2)23-15-21(9-10-24(23)27)25(28)26-12-11-22-8-5-13-29-22/h4-10,13-15H,11-12,16H2,1-3H3,(H,26,28). The maximum Gasteiger partial charge on any atom is 0.251 e. The monoisotopic (exact) mass is 402 g/mol. The first kappa shape index (κ1) is 19.5. The predicted molar refractivity (Wildman–Crippen MR) is 122 cm³/mol. The summed E-state index contributed by atoms with van der Waals surface area (Å²) >= 11 is 1.73. The van der Waals surface area contributed by atoms with Gasteiger partial charge in [-0.15, -0.1) is 11.3 Å². The van der Waals surface area contributed by atoms with Crippen molar-refractivity contribution in [2.75, 3.05) is 6.54 Å². The molecule has 2 heterocycles. The average molecular weight is 403 g/mol. The summed E-state index contributed by atoms with van der Waals surface area (Å²) in [4.78, 5) is 13.9. The molecule has 2 aromatic carbocycles. The molecule has 4 aromatic rings. The van der Waals surface area contributed by atoms with E-state index in [4.69, 9.17) is 0 Å². The Morgan fingerprint density at radius 2 is 1.90 bits per heavy atom. The molecule has 0 aliphatic heterocycles. The fraction of sp³-hybridized carbons (Fsp3) is 0.240. The lowest BCUT2D eigenvalue weighted by molar-refractivity contribution is 0.0954. The van der Waals surface area contributed by atoms with E-state index in [2.05, 4.69) is 72.4 Å². The van der Waals surface area contributed by atoms with Gasteiger partial charge in [0, 0.05) is 40.1 Å². The molecular weight excluding hydrogens is 376 g/mol. The molecule has 1 amide bonds. The third-order valence-corrected chi connectivity index (χ3v) is 6.50. The van der Waals surface area contributed by atoms with Crippen molar-refractivity contribution in [2.45, 2.75) is 33.7 Å². The van der Waals surface area contributed by atoms with Crippen molar-refractivity contribution in [1.82, 2.24) is 9.88 Å². The number of carbonyl (C=O) groups excluding carboxylic acids is 1. The highest BCUT2D eigenvalue weighted by atomic mass is 32.1. The van der Waals surface area contributed by atoms with E-state index < -0.39 is 0 Å². The fourth-order valence-electron chi connectivity index (χ4n) is 3.84. The Balaban J connectivity index is 1.56. The molecule has 0 aliphatic carbocycles. The van der Waals surface area contributed by atoms with Crippen LogP contribution in [0.3, 0.4) is 0 Å². The van der Waals surface area contributed by atoms with E-state index >= 15 is 0 Å². The number of fused-ring (bicyclic) bond motifs is 1. The van der Waals surface area contributed by atoms with Gasteiger partial charge in [-0.1, -0.05) is 35.9 Å². The molecule has 0 fully saturated rings. The van der Waals surface area contributed by atoms with E-state index in [9.17, 15) is 4.79 Å². The molecule has 2 aromatic heterocycles. The minimum absolute atomic E-state index is 0.00746. The second kappa shape index (κ2) is 8.26. The molecule has 0 spiro atoms. The van der Waals surface area contributed by atoms with Crippen LogP contribution >= 0.6 is 11.3 Å². The number of thiophene rings is 1. The van der Waals surface area contributed by atoms with Crippen LogP contribution in [-0.4, -0.2) is 17.0 Å². The lowest BCUT2D eigenvalue weighted by atomic mass is 10.1. The van der Waals surface area contributed by atoms with Crippen LogP contribution < -0.4 is 5.32 Å². The van der Waals surface area contributed by atoms with Crippen LogP contribution in [0.15, 0.2) is 60.0 Å². The SMILES string of the molecule is Cc1cccc(Cn2c(C)c(C)c3cc(C(=O)NCCc4cccs4)ccc32)c1. The summed E-state index contributed by atoms with van der Waals surface area (Å²) < 4.78 is 2.35. The molecule has 0 radical (unpaired) electrons. The molecule has 0 saturated heterocycles. The van der Waals surface area contributed by atoms with Gasteiger partial charge in [0.05, 0.1) is 0 Å². The molecule has 0 atom stereocenters. The number of nitrogens with zero attached hydrogens (tertiary/aromatic N) is 1. The zero-order valence-electron chi connectivity index (χ0n) is 17.2. The number of rotatable bonds is 6. The number of aryl methyl sites for hydroxylation is 2. The molecule has 0 bridgehead atoms. The van der Waals surface area contributed by atoms with Crippen molar-refractivity contribution in [3.8, 4) is 0 Å². The fourth-order valence-corrected chi connectivity index (χ4v) is 4.55. The van der Waals surface area contributed by atoms with Crippen molar-refractivity contribution in [2.24, 2.45) is 0 Å². The number of benzene rings is 2. The van der Waals surface area contributed by atoms with Gasteiger partial charge in [0.1, 0.15) is 0 Å². The molecule has 148 valence electrons. The normalized spacial score (nSPS) is 11.1. The van der Waals surface area contributed by atoms with Gasteiger partial charge in [0.25, 0.3) is 5.91 Å². The third kappa shape index (κ3) is 4.13. The molecule has 0 unspecified atom stereocenters. The maximum atomic E-state index is 12.6. The second-order valence-electron chi connectivity index (χ2n) is 7.60. The first-order valence-electron chi connectivity index (χ1n) is 9.98. The van der Waals surface area contributed by atoms with Gasteiger partial charge < -0.3 is 9.88 Å². The number of amides is 1. The number of hydrogen-bond donors (Lipinski definition) is 1. The highest BCUT2D eigenvalue weighted by molar-refractivity contribution is 7.09. The van der Waals surface area contributed by atoms with Crippen LogP contribution in [0, 0.1) is 20.8 Å². The van der Waals surface area contributed by atoms with Gasteiger partial charge >= 0.3 is 0 Å². The Kier molecular flexibility index (Phi) is 5.54. The number of carbonyl (C=O) groups is 1. The van der Waals surface area contributed by atoms with Crippen LogP contribution in [0.2, 0.25) is 0 Å². The summed E-state index contributed by atoms with van der Waals surface area (Å²) in [6.45, 7) is 7.92. The first-order chi connectivity index (χ1) is 14.0. The molecular formula is C25H26N2OS. The van der Waals surface area contributed by atoms with Crippen LogP contribution in [0.4, 0.5) is 0 Å². The average Bonchev–Trinajstić information content (AvgIpc) is 3.31. The van der Waals surface area contributed by atoms with E-state index in [1.807, 2.05) is 18.2 Å². The number of nitrogens with one attached hydrogen (secondary N) is 1. The van der Waals surface area contributed by atoms with Crippen molar-refractivity contribution >= 4 is 28.1 Å². The van der Waals surface area contributed by atoms with Gasteiger partial charge in [-0.2, -0.15) is 0 Å². The lowest BCUT2D eigenvalue weighted by Crippen LogP contribution is -2.25. The second-order valence-corrected chi connectivity index (χ2v) is 8.64. The van der Waals surface area contributed by atoms with Gasteiger partial charge in [-0.05, 0) is 68.0 Å². The lowest BCUT2D eigenvalue weighted by Gasteiger charge is -2.10. The van der Waals surface area contributed by atoms with E-state index in [1.165, 1.54) is 32.8 Å². The van der Waals surface area contributed by atoms with Crippen LogP contribution in [0.5, 0.6) is 0 Å². The van der Waals surface area contributed by atoms with E-state index in [0.29, 0.717) is 6.54 Å². The van der Waals surface area contributed by atoms with E-state index in [0.717, 1.165) is 23.9 Å². The number of hydrogen-bond acceptors (Lipinski definition) is 2. The summed E-state index contributed by atoms with van der Waals surface area (Å²) in [5.41, 5.74) is 6.95. The summed E-state index contributed by atoms with van der Waals surface area (Å²) in [7, 11) is 0. The van der Waals surface area contributed by atoms with Crippen LogP contribution in [0.25, 0.3) is 10.9 Å². The Morgan fingerprint density at radius 3 is 2.66 bits per heavy atom. The highest BCUT2D eigenvalue weighted by Gasteiger charge is 2.14. The van der Waals surface area contributed by atoms with Crippen LogP contribution in [0.1, 0.15) is 37.6 Å². The smallest absolute Gasteiger partial charge is 0.251 e. The quantitative estimate of drug-likeness (QED) is 0.444. The first-order valence-corrected chi connectivity index (χ1v) is 10.9. The van der Waals surface area contributed by atoms with Gasteiger partial charge in [-0.25, -0.2) is 0 Å². The van der Waals surface area contributed by atoms with Gasteiger partial charge in [0.15, 0.2) is 0 Å². The maximum absolute atomic E-state index is 12.6. The van der Waals surface area contributed by atoms with Gasteiger partial charge in [0.2, 0.25) is 0 Å². The summed E-state index contributed by atoms with van der Waals surface area (Å²) in [5.74, 6) is -0.00746. The molecule has 0 saturated carbocycles. The van der Waals surface area contributed by atoms with E-state index in [1.54, 1.807) is 11.3 Å². The molecule has 1 N–H and O–H groups in total. The van der Waals surface area contributed by atoms with Crippen molar-refractivity contribution in [3.63, 3.8) is 0 Å². The minimum atomic E-state index is -0.00746. The summed E-state index contributed by atoms with van der Waals surface area (Å²) in [6.07, 6.45) is 0.872. The zero-order valence-corrected chi connectivity index (χ0v) is 18.0.